The first-order chi connectivity index (χ1) is 12.5. The van der Waals surface area contributed by atoms with Crippen LogP contribution in [0.15, 0.2) is 45.6 Å². The van der Waals surface area contributed by atoms with Crippen molar-refractivity contribution in [3.8, 4) is 5.75 Å². The van der Waals surface area contributed by atoms with Gasteiger partial charge in [-0.3, -0.25) is 0 Å². The van der Waals surface area contributed by atoms with Crippen molar-refractivity contribution >= 4 is 34.2 Å². The first-order valence-electron chi connectivity index (χ1n) is 8.11. The Labute approximate surface area is 161 Å². The molecule has 6 heteroatoms. The normalized spacial score (nSPS) is 11.1. The number of benzene rings is 2. The predicted octanol–water partition coefficient (Wildman–Crippen LogP) is 5.02. The van der Waals surface area contributed by atoms with Crippen LogP contribution >= 0.6 is 23.2 Å². The lowest BCUT2D eigenvalue weighted by atomic mass is 9.99. The highest BCUT2D eigenvalue weighted by Crippen LogP contribution is 2.27. The summed E-state index contributed by atoms with van der Waals surface area (Å²) in [5.74, 6) is 0.634. The number of halogens is 2. The van der Waals surface area contributed by atoms with Gasteiger partial charge in [0.15, 0.2) is 0 Å². The van der Waals surface area contributed by atoms with Crippen molar-refractivity contribution in [2.75, 3.05) is 20.3 Å². The lowest BCUT2D eigenvalue weighted by molar-refractivity contribution is 0.146. The maximum Gasteiger partial charge on any atom is 0.340 e. The number of hydrogen-bond acceptors (Lipinski definition) is 4. The molecule has 0 fully saturated rings. The zero-order valence-corrected chi connectivity index (χ0v) is 16.0. The van der Waals surface area contributed by atoms with Gasteiger partial charge in [0.1, 0.15) is 17.9 Å². The van der Waals surface area contributed by atoms with Gasteiger partial charge in [-0.1, -0.05) is 29.3 Å². The van der Waals surface area contributed by atoms with E-state index in [1.54, 1.807) is 25.3 Å². The second-order valence-electron chi connectivity index (χ2n) is 5.92. The van der Waals surface area contributed by atoms with E-state index < -0.39 is 0 Å². The van der Waals surface area contributed by atoms with Gasteiger partial charge in [0, 0.05) is 30.5 Å². The molecule has 0 aliphatic heterocycles. The van der Waals surface area contributed by atoms with E-state index in [0.29, 0.717) is 46.6 Å². The summed E-state index contributed by atoms with van der Waals surface area (Å²) in [6, 6.07) is 10.8. The van der Waals surface area contributed by atoms with E-state index in [4.69, 9.17) is 37.1 Å². The van der Waals surface area contributed by atoms with Crippen molar-refractivity contribution < 1.29 is 13.9 Å². The predicted molar refractivity (Wildman–Crippen MR) is 104 cm³/mol. The molecule has 0 unspecified atom stereocenters. The summed E-state index contributed by atoms with van der Waals surface area (Å²) in [7, 11) is 1.61. The molecule has 0 atom stereocenters. The summed E-state index contributed by atoms with van der Waals surface area (Å²) in [4.78, 5) is 12.5. The Bertz CT molecular complexity index is 995. The fourth-order valence-corrected chi connectivity index (χ4v) is 3.09. The van der Waals surface area contributed by atoms with Crippen LogP contribution < -0.4 is 10.4 Å². The summed E-state index contributed by atoms with van der Waals surface area (Å²) >= 11 is 12.0. The van der Waals surface area contributed by atoms with Gasteiger partial charge in [0.25, 0.3) is 0 Å². The van der Waals surface area contributed by atoms with Crippen LogP contribution in [0.5, 0.6) is 5.75 Å². The Morgan fingerprint density at radius 3 is 2.58 bits per heavy atom. The number of methoxy groups -OCH3 is 1. The van der Waals surface area contributed by atoms with E-state index in [1.165, 1.54) is 0 Å². The van der Waals surface area contributed by atoms with Crippen molar-refractivity contribution in [1.82, 2.24) is 0 Å². The fourth-order valence-electron chi connectivity index (χ4n) is 2.77. The molecular formula is C20H18Cl2O4. The number of fused-ring (bicyclic) bond motifs is 1. The van der Waals surface area contributed by atoms with Crippen LogP contribution in [0.4, 0.5) is 0 Å². The van der Waals surface area contributed by atoms with Crippen molar-refractivity contribution in [3.05, 3.63) is 73.6 Å². The second kappa shape index (κ2) is 8.12. The van der Waals surface area contributed by atoms with Gasteiger partial charge in [-0.2, -0.15) is 0 Å². The van der Waals surface area contributed by atoms with E-state index in [0.717, 1.165) is 16.5 Å². The average molecular weight is 393 g/mol. The van der Waals surface area contributed by atoms with Gasteiger partial charge in [0.2, 0.25) is 0 Å². The summed E-state index contributed by atoms with van der Waals surface area (Å²) in [5, 5.41) is 1.82. The zero-order valence-electron chi connectivity index (χ0n) is 14.5. The topological polar surface area (TPSA) is 48.7 Å². The molecule has 0 saturated carbocycles. The quantitative estimate of drug-likeness (QED) is 0.436. The summed E-state index contributed by atoms with van der Waals surface area (Å²) < 4.78 is 16.1. The lowest BCUT2D eigenvalue weighted by Crippen LogP contribution is -2.11. The number of rotatable bonds is 6. The highest BCUT2D eigenvalue weighted by molar-refractivity contribution is 6.42. The minimum Gasteiger partial charge on any atom is -0.491 e. The molecule has 0 saturated heterocycles. The van der Waals surface area contributed by atoms with Crippen LogP contribution in [0, 0.1) is 6.92 Å². The first kappa shape index (κ1) is 18.8. The van der Waals surface area contributed by atoms with E-state index >= 15 is 0 Å². The smallest absolute Gasteiger partial charge is 0.340 e. The van der Waals surface area contributed by atoms with Crippen LogP contribution in [0.1, 0.15) is 16.7 Å². The summed E-state index contributed by atoms with van der Waals surface area (Å²) in [5.41, 5.74) is 2.51. The Balaban J connectivity index is 1.95. The second-order valence-corrected chi connectivity index (χ2v) is 6.73. The number of ether oxygens (including phenoxy) is 2. The van der Waals surface area contributed by atoms with E-state index in [-0.39, 0.29) is 5.63 Å². The third-order valence-electron chi connectivity index (χ3n) is 4.18. The molecule has 0 aliphatic carbocycles. The van der Waals surface area contributed by atoms with Gasteiger partial charge in [-0.05, 0) is 42.3 Å². The molecule has 3 aromatic rings. The first-order valence-corrected chi connectivity index (χ1v) is 8.87. The third kappa shape index (κ3) is 4.04. The van der Waals surface area contributed by atoms with E-state index in [1.807, 2.05) is 25.1 Å². The molecule has 0 amide bonds. The lowest BCUT2D eigenvalue weighted by Gasteiger charge is -2.10. The molecule has 3 rings (SSSR count). The Morgan fingerprint density at radius 1 is 1.04 bits per heavy atom. The van der Waals surface area contributed by atoms with Crippen LogP contribution in [0.2, 0.25) is 10.0 Å². The van der Waals surface area contributed by atoms with Crippen LogP contribution in [0.3, 0.4) is 0 Å². The maximum absolute atomic E-state index is 12.5. The standard InChI is InChI=1S/C20H18Cl2O4/c1-12-15-5-4-14(25-8-7-24-2)11-19(15)26-20(23)16(12)9-13-3-6-17(21)18(22)10-13/h3-6,10-11H,7-9H2,1-2H3. The third-order valence-corrected chi connectivity index (χ3v) is 4.92. The van der Waals surface area contributed by atoms with Gasteiger partial charge in [-0.15, -0.1) is 0 Å². The van der Waals surface area contributed by atoms with Crippen LogP contribution in [0.25, 0.3) is 11.0 Å². The molecule has 0 aliphatic rings. The Hall–Kier alpha value is -2.01. The average Bonchev–Trinajstić information content (AvgIpc) is 2.61. The maximum atomic E-state index is 12.5. The van der Waals surface area contributed by atoms with Gasteiger partial charge in [-0.25, -0.2) is 4.79 Å². The molecule has 4 nitrogen and oxygen atoms in total. The monoisotopic (exact) mass is 392 g/mol. The number of aryl methyl sites for hydroxylation is 1. The van der Waals surface area contributed by atoms with Crippen molar-refractivity contribution in [1.29, 1.82) is 0 Å². The molecule has 0 spiro atoms. The van der Waals surface area contributed by atoms with E-state index in [9.17, 15) is 4.79 Å². The molecule has 0 N–H and O–H groups in total. The molecule has 1 aromatic heterocycles. The van der Waals surface area contributed by atoms with Gasteiger partial charge < -0.3 is 13.9 Å². The summed E-state index contributed by atoms with van der Waals surface area (Å²) in [6.07, 6.45) is 0.424. The highest BCUT2D eigenvalue weighted by atomic mass is 35.5. The molecule has 0 radical (unpaired) electrons. The molecule has 2 aromatic carbocycles. The van der Waals surface area contributed by atoms with Crippen molar-refractivity contribution in [2.45, 2.75) is 13.3 Å². The minimum atomic E-state index is -0.366. The molecule has 26 heavy (non-hydrogen) atoms. The van der Waals surface area contributed by atoms with Gasteiger partial charge in [0.05, 0.1) is 16.7 Å². The molecule has 1 heterocycles. The molecule has 136 valence electrons. The molecule has 0 bridgehead atoms. The highest BCUT2D eigenvalue weighted by Gasteiger charge is 2.13. The Kier molecular flexibility index (Phi) is 5.87. The van der Waals surface area contributed by atoms with Gasteiger partial charge >= 0.3 is 5.63 Å². The largest absolute Gasteiger partial charge is 0.491 e. The van der Waals surface area contributed by atoms with Crippen molar-refractivity contribution in [3.63, 3.8) is 0 Å². The van der Waals surface area contributed by atoms with E-state index in [2.05, 4.69) is 0 Å². The van der Waals surface area contributed by atoms with Crippen molar-refractivity contribution in [2.24, 2.45) is 0 Å². The minimum absolute atomic E-state index is 0.366. The Morgan fingerprint density at radius 2 is 1.85 bits per heavy atom. The SMILES string of the molecule is COCCOc1ccc2c(C)c(Cc3ccc(Cl)c(Cl)c3)c(=O)oc2c1. The molecular weight excluding hydrogens is 375 g/mol. The van der Waals surface area contributed by atoms with Crippen LogP contribution in [-0.4, -0.2) is 20.3 Å². The summed E-state index contributed by atoms with van der Waals surface area (Å²) in [6.45, 7) is 2.84. The number of hydrogen-bond donors (Lipinski definition) is 0. The van der Waals surface area contributed by atoms with Crippen LogP contribution in [-0.2, 0) is 11.2 Å². The fraction of sp³-hybridized carbons (Fsp3) is 0.250. The zero-order chi connectivity index (χ0) is 18.7.